The van der Waals surface area contributed by atoms with Gasteiger partial charge in [0.2, 0.25) is 10.0 Å². The number of benzene rings is 1. The van der Waals surface area contributed by atoms with E-state index >= 15 is 0 Å². The lowest BCUT2D eigenvalue weighted by molar-refractivity contribution is 0.171. The van der Waals surface area contributed by atoms with Gasteiger partial charge in [0.1, 0.15) is 5.76 Å². The van der Waals surface area contributed by atoms with Gasteiger partial charge in [0.25, 0.3) is 0 Å². The summed E-state index contributed by atoms with van der Waals surface area (Å²) in [6, 6.07) is 8.13. The number of nitrogens with zero attached hydrogens (tertiary/aromatic N) is 2. The van der Waals surface area contributed by atoms with E-state index in [9.17, 15) is 8.42 Å². The summed E-state index contributed by atoms with van der Waals surface area (Å²) in [5, 5.41) is 0.625. The van der Waals surface area contributed by atoms with Gasteiger partial charge in [-0.15, -0.1) is 0 Å². The largest absolute Gasteiger partial charge is 0.468 e. The van der Waals surface area contributed by atoms with Gasteiger partial charge in [-0.3, -0.25) is 4.90 Å². The molecule has 5 nitrogen and oxygen atoms in total. The molecule has 1 aliphatic rings. The maximum atomic E-state index is 12.7. The third-order valence-corrected chi connectivity index (χ3v) is 6.08. The van der Waals surface area contributed by atoms with Crippen LogP contribution in [-0.4, -0.2) is 43.8 Å². The highest BCUT2D eigenvalue weighted by molar-refractivity contribution is 7.89. The zero-order valence-corrected chi connectivity index (χ0v) is 14.6. The van der Waals surface area contributed by atoms with E-state index in [0.717, 1.165) is 5.76 Å². The fourth-order valence-corrected chi connectivity index (χ4v) is 4.73. The highest BCUT2D eigenvalue weighted by atomic mass is 35.5. The number of sulfonamides is 1. The first kappa shape index (κ1) is 16.8. The Bertz CT molecular complexity index is 750. The molecule has 0 radical (unpaired) electrons. The molecule has 1 saturated heterocycles. The Morgan fingerprint density at radius 2 is 1.70 bits per heavy atom. The first-order valence-electron chi connectivity index (χ1n) is 7.16. The number of hydrogen-bond donors (Lipinski definition) is 0. The molecule has 23 heavy (non-hydrogen) atoms. The van der Waals surface area contributed by atoms with Crippen molar-refractivity contribution in [3.05, 3.63) is 52.4 Å². The molecule has 2 heterocycles. The lowest BCUT2D eigenvalue weighted by Crippen LogP contribution is -2.48. The smallest absolute Gasteiger partial charge is 0.243 e. The van der Waals surface area contributed by atoms with Crippen LogP contribution in [0.1, 0.15) is 5.76 Å². The van der Waals surface area contributed by atoms with Gasteiger partial charge in [0.15, 0.2) is 0 Å². The molecule has 1 aliphatic heterocycles. The molecule has 1 aromatic heterocycles. The summed E-state index contributed by atoms with van der Waals surface area (Å²) in [7, 11) is -3.58. The molecule has 0 amide bonds. The zero-order chi connectivity index (χ0) is 16.4. The van der Waals surface area contributed by atoms with Crippen LogP contribution in [0.5, 0.6) is 0 Å². The fourth-order valence-electron chi connectivity index (χ4n) is 2.58. The summed E-state index contributed by atoms with van der Waals surface area (Å²) in [5.74, 6) is 0.878. The molecule has 124 valence electrons. The van der Waals surface area contributed by atoms with Gasteiger partial charge in [-0.1, -0.05) is 23.2 Å². The Balaban J connectivity index is 1.68. The summed E-state index contributed by atoms with van der Waals surface area (Å²) in [6.07, 6.45) is 1.64. The monoisotopic (exact) mass is 374 g/mol. The van der Waals surface area contributed by atoms with Crippen LogP contribution in [0.3, 0.4) is 0 Å². The molecule has 0 atom stereocenters. The van der Waals surface area contributed by atoms with Gasteiger partial charge >= 0.3 is 0 Å². The van der Waals surface area contributed by atoms with Crippen LogP contribution in [0.2, 0.25) is 10.0 Å². The minimum Gasteiger partial charge on any atom is -0.468 e. The topological polar surface area (TPSA) is 53.8 Å². The average molecular weight is 375 g/mol. The summed E-state index contributed by atoms with van der Waals surface area (Å²) >= 11 is 11.8. The summed E-state index contributed by atoms with van der Waals surface area (Å²) < 4.78 is 32.2. The van der Waals surface area contributed by atoms with E-state index in [0.29, 0.717) is 42.8 Å². The second-order valence-corrected chi connectivity index (χ2v) is 8.18. The maximum absolute atomic E-state index is 12.7. The van der Waals surface area contributed by atoms with Crippen molar-refractivity contribution in [3.63, 3.8) is 0 Å². The van der Waals surface area contributed by atoms with Crippen LogP contribution < -0.4 is 0 Å². The lowest BCUT2D eigenvalue weighted by Gasteiger charge is -2.33. The quantitative estimate of drug-likeness (QED) is 0.824. The van der Waals surface area contributed by atoms with Crippen molar-refractivity contribution < 1.29 is 12.8 Å². The van der Waals surface area contributed by atoms with E-state index in [2.05, 4.69) is 4.90 Å². The van der Waals surface area contributed by atoms with Crippen molar-refractivity contribution in [2.75, 3.05) is 26.2 Å². The van der Waals surface area contributed by atoms with Crippen molar-refractivity contribution in [1.82, 2.24) is 9.21 Å². The standard InChI is InChI=1S/C15H16Cl2N2O3S/c16-12-8-13(17)10-15(9-12)23(20,21)19-5-3-18(4-6-19)11-14-2-1-7-22-14/h1-2,7-10H,3-6,11H2. The molecule has 0 saturated carbocycles. The van der Waals surface area contributed by atoms with Crippen LogP contribution in [0, 0.1) is 0 Å². The van der Waals surface area contributed by atoms with E-state index in [1.807, 2.05) is 12.1 Å². The van der Waals surface area contributed by atoms with Crippen LogP contribution in [0.25, 0.3) is 0 Å². The van der Waals surface area contributed by atoms with Crippen LogP contribution in [0.15, 0.2) is 45.9 Å². The molecule has 3 rings (SSSR count). The van der Waals surface area contributed by atoms with E-state index in [4.69, 9.17) is 27.6 Å². The second kappa shape index (κ2) is 6.83. The zero-order valence-electron chi connectivity index (χ0n) is 12.3. The van der Waals surface area contributed by atoms with Gasteiger partial charge < -0.3 is 4.42 Å². The maximum Gasteiger partial charge on any atom is 0.243 e. The number of furan rings is 1. The third-order valence-electron chi connectivity index (χ3n) is 3.76. The predicted molar refractivity (Wildman–Crippen MR) is 89.2 cm³/mol. The first-order chi connectivity index (χ1) is 10.9. The molecule has 0 spiro atoms. The highest BCUT2D eigenvalue weighted by Gasteiger charge is 2.29. The molecular formula is C15H16Cl2N2O3S. The van der Waals surface area contributed by atoms with Crippen LogP contribution in [0.4, 0.5) is 0 Å². The van der Waals surface area contributed by atoms with Crippen molar-refractivity contribution in [3.8, 4) is 0 Å². The van der Waals surface area contributed by atoms with E-state index < -0.39 is 10.0 Å². The van der Waals surface area contributed by atoms with E-state index in [1.165, 1.54) is 22.5 Å². The normalized spacial score (nSPS) is 17.5. The number of hydrogen-bond acceptors (Lipinski definition) is 4. The Labute approximate surface area is 145 Å². The molecule has 0 aliphatic carbocycles. The van der Waals surface area contributed by atoms with Gasteiger partial charge in [0, 0.05) is 36.2 Å². The third kappa shape index (κ3) is 3.89. The first-order valence-corrected chi connectivity index (χ1v) is 9.36. The molecular weight excluding hydrogens is 359 g/mol. The SMILES string of the molecule is O=S(=O)(c1cc(Cl)cc(Cl)c1)N1CCN(Cc2ccco2)CC1. The van der Waals surface area contributed by atoms with E-state index in [-0.39, 0.29) is 4.90 Å². The minimum atomic E-state index is -3.58. The van der Waals surface area contributed by atoms with Gasteiger partial charge in [-0.25, -0.2) is 8.42 Å². The van der Waals surface area contributed by atoms with Crippen molar-refractivity contribution in [1.29, 1.82) is 0 Å². The Kier molecular flexibility index (Phi) is 4.98. The summed E-state index contributed by atoms with van der Waals surface area (Å²) in [6.45, 7) is 2.83. The fraction of sp³-hybridized carbons (Fsp3) is 0.333. The van der Waals surface area contributed by atoms with Crippen molar-refractivity contribution in [2.24, 2.45) is 0 Å². The Morgan fingerprint density at radius 1 is 1.04 bits per heavy atom. The second-order valence-electron chi connectivity index (χ2n) is 5.36. The lowest BCUT2D eigenvalue weighted by atomic mass is 10.3. The molecule has 0 N–H and O–H groups in total. The average Bonchev–Trinajstić information content (AvgIpc) is 3.00. The summed E-state index contributed by atoms with van der Waals surface area (Å²) in [4.78, 5) is 2.30. The summed E-state index contributed by atoms with van der Waals surface area (Å²) in [5.41, 5.74) is 0. The van der Waals surface area contributed by atoms with Crippen molar-refractivity contribution in [2.45, 2.75) is 11.4 Å². The molecule has 1 aromatic carbocycles. The minimum absolute atomic E-state index is 0.134. The molecule has 0 unspecified atom stereocenters. The van der Waals surface area contributed by atoms with Crippen LogP contribution in [-0.2, 0) is 16.6 Å². The highest BCUT2D eigenvalue weighted by Crippen LogP contribution is 2.25. The van der Waals surface area contributed by atoms with Crippen LogP contribution >= 0.6 is 23.2 Å². The molecule has 2 aromatic rings. The number of rotatable bonds is 4. The Hall–Kier alpha value is -1.05. The van der Waals surface area contributed by atoms with Gasteiger partial charge in [-0.2, -0.15) is 4.31 Å². The van der Waals surface area contributed by atoms with Gasteiger partial charge in [-0.05, 0) is 30.3 Å². The molecule has 0 bridgehead atoms. The Morgan fingerprint density at radius 3 is 2.26 bits per heavy atom. The number of piperazine rings is 1. The van der Waals surface area contributed by atoms with E-state index in [1.54, 1.807) is 6.26 Å². The molecule has 1 fully saturated rings. The van der Waals surface area contributed by atoms with Crippen molar-refractivity contribution >= 4 is 33.2 Å². The van der Waals surface area contributed by atoms with Gasteiger partial charge in [0.05, 0.1) is 17.7 Å². The predicted octanol–water partition coefficient (Wildman–Crippen LogP) is 3.09. The molecule has 8 heteroatoms. The number of halogens is 2.